The Balaban J connectivity index is 3.54. The molecule has 0 rings (SSSR count). The van der Waals surface area contributed by atoms with E-state index in [1.165, 1.54) is 5.57 Å². The Morgan fingerprint density at radius 3 is 2.43 bits per heavy atom. The first-order valence-corrected chi connectivity index (χ1v) is 5.40. The zero-order valence-corrected chi connectivity index (χ0v) is 10.1. The number of aliphatic hydroxyl groups excluding tert-OH is 1. The van der Waals surface area contributed by atoms with Gasteiger partial charge in [-0.3, -0.25) is 0 Å². The number of aliphatic hydroxyl groups is 1. The van der Waals surface area contributed by atoms with Gasteiger partial charge in [0, 0.05) is 13.1 Å². The average Bonchev–Trinajstić information content (AvgIpc) is 2.00. The van der Waals surface area contributed by atoms with Crippen LogP contribution in [0, 0.1) is 5.41 Å². The van der Waals surface area contributed by atoms with Gasteiger partial charge in [0.2, 0.25) is 0 Å². The van der Waals surface area contributed by atoms with Gasteiger partial charge in [0.25, 0.3) is 0 Å². The highest BCUT2D eigenvalue weighted by molar-refractivity contribution is 4.95. The van der Waals surface area contributed by atoms with E-state index in [9.17, 15) is 5.11 Å². The molecule has 0 radical (unpaired) electrons. The average molecular weight is 199 g/mol. The van der Waals surface area contributed by atoms with Crippen LogP contribution in [0.5, 0.6) is 0 Å². The van der Waals surface area contributed by atoms with Crippen LogP contribution in [0.4, 0.5) is 0 Å². The lowest BCUT2D eigenvalue weighted by molar-refractivity contribution is 0.120. The third kappa shape index (κ3) is 8.27. The van der Waals surface area contributed by atoms with E-state index in [2.05, 4.69) is 39.6 Å². The maximum absolute atomic E-state index is 9.68. The first-order valence-electron chi connectivity index (χ1n) is 5.40. The van der Waals surface area contributed by atoms with Gasteiger partial charge >= 0.3 is 0 Å². The lowest BCUT2D eigenvalue weighted by Crippen LogP contribution is -2.31. The molecule has 0 spiro atoms. The molecule has 0 bridgehead atoms. The lowest BCUT2D eigenvalue weighted by atomic mass is 9.89. The molecule has 0 aromatic heterocycles. The topological polar surface area (TPSA) is 32.3 Å². The quantitative estimate of drug-likeness (QED) is 0.644. The normalized spacial score (nSPS) is 14.1. The molecule has 1 unspecified atom stereocenters. The van der Waals surface area contributed by atoms with Crippen LogP contribution < -0.4 is 5.32 Å². The van der Waals surface area contributed by atoms with Crippen LogP contribution in [0.15, 0.2) is 12.2 Å². The van der Waals surface area contributed by atoms with E-state index in [1.807, 2.05) is 0 Å². The Hall–Kier alpha value is -0.340. The van der Waals surface area contributed by atoms with Crippen LogP contribution in [0.2, 0.25) is 0 Å². The van der Waals surface area contributed by atoms with Gasteiger partial charge in [-0.2, -0.15) is 0 Å². The molecule has 0 amide bonds. The molecule has 2 heteroatoms. The summed E-state index contributed by atoms with van der Waals surface area (Å²) < 4.78 is 0. The first kappa shape index (κ1) is 13.7. The van der Waals surface area contributed by atoms with Gasteiger partial charge in [0.1, 0.15) is 0 Å². The number of nitrogens with one attached hydrogen (secondary N) is 1. The summed E-state index contributed by atoms with van der Waals surface area (Å²) in [5.41, 5.74) is 1.39. The second-order valence-electron chi connectivity index (χ2n) is 5.15. The number of hydrogen-bond acceptors (Lipinski definition) is 2. The smallest absolute Gasteiger partial charge is 0.0669 e. The van der Waals surface area contributed by atoms with Crippen LogP contribution in [0.25, 0.3) is 0 Å². The Kier molecular flexibility index (Phi) is 6.05. The van der Waals surface area contributed by atoms with Crippen molar-refractivity contribution >= 4 is 0 Å². The van der Waals surface area contributed by atoms with E-state index >= 15 is 0 Å². The standard InChI is InChI=1S/C12H25NO/c1-6-10(2)8-13-9-11(14)7-12(3,4)5/h11,13-14H,2,6-9H2,1,3-5H3. The van der Waals surface area contributed by atoms with Crippen molar-refractivity contribution in [1.29, 1.82) is 0 Å². The fourth-order valence-electron chi connectivity index (χ4n) is 1.32. The van der Waals surface area contributed by atoms with Crippen molar-refractivity contribution in [3.8, 4) is 0 Å². The van der Waals surface area contributed by atoms with Crippen molar-refractivity contribution in [2.75, 3.05) is 13.1 Å². The molecule has 0 aliphatic rings. The van der Waals surface area contributed by atoms with Crippen LogP contribution in [0.3, 0.4) is 0 Å². The van der Waals surface area contributed by atoms with Gasteiger partial charge in [-0.25, -0.2) is 0 Å². The summed E-state index contributed by atoms with van der Waals surface area (Å²) in [5.74, 6) is 0. The molecule has 0 aliphatic heterocycles. The molecule has 0 heterocycles. The molecule has 84 valence electrons. The van der Waals surface area contributed by atoms with E-state index in [-0.39, 0.29) is 11.5 Å². The van der Waals surface area contributed by atoms with Crippen LogP contribution in [0.1, 0.15) is 40.5 Å². The maximum atomic E-state index is 9.68. The summed E-state index contributed by atoms with van der Waals surface area (Å²) in [5, 5.41) is 12.9. The SMILES string of the molecule is C=C(CC)CNCC(O)CC(C)(C)C. The summed E-state index contributed by atoms with van der Waals surface area (Å²) in [6.45, 7) is 13.9. The zero-order chi connectivity index (χ0) is 11.2. The Labute approximate surface area is 88.4 Å². The molecule has 0 aliphatic carbocycles. The minimum Gasteiger partial charge on any atom is -0.392 e. The molecule has 2 nitrogen and oxygen atoms in total. The van der Waals surface area contributed by atoms with Gasteiger partial charge in [-0.1, -0.05) is 39.8 Å². The van der Waals surface area contributed by atoms with Crippen LogP contribution in [-0.2, 0) is 0 Å². The van der Waals surface area contributed by atoms with Crippen LogP contribution in [-0.4, -0.2) is 24.3 Å². The van der Waals surface area contributed by atoms with Crippen molar-refractivity contribution in [2.24, 2.45) is 5.41 Å². The minimum atomic E-state index is -0.250. The van der Waals surface area contributed by atoms with Gasteiger partial charge in [0.15, 0.2) is 0 Å². The Bertz CT molecular complexity index is 170. The minimum absolute atomic E-state index is 0.197. The van der Waals surface area contributed by atoms with E-state index < -0.39 is 0 Å². The number of rotatable bonds is 6. The van der Waals surface area contributed by atoms with Gasteiger partial charge in [-0.05, 0) is 18.3 Å². The molecule has 2 N–H and O–H groups in total. The first-order chi connectivity index (χ1) is 6.35. The molecule has 1 atom stereocenters. The Morgan fingerprint density at radius 1 is 1.43 bits per heavy atom. The van der Waals surface area contributed by atoms with E-state index in [0.717, 1.165) is 19.4 Å². The summed E-state index contributed by atoms with van der Waals surface area (Å²) in [6.07, 6.45) is 1.58. The predicted octanol–water partition coefficient (Wildman–Crippen LogP) is 2.34. The van der Waals surface area contributed by atoms with Crippen molar-refractivity contribution < 1.29 is 5.11 Å². The molecule has 0 saturated carbocycles. The highest BCUT2D eigenvalue weighted by atomic mass is 16.3. The highest BCUT2D eigenvalue weighted by Crippen LogP contribution is 2.20. The third-order valence-corrected chi connectivity index (χ3v) is 2.10. The van der Waals surface area contributed by atoms with Crippen molar-refractivity contribution in [2.45, 2.75) is 46.6 Å². The van der Waals surface area contributed by atoms with Crippen molar-refractivity contribution in [1.82, 2.24) is 5.32 Å². The fraction of sp³-hybridized carbons (Fsp3) is 0.833. The lowest BCUT2D eigenvalue weighted by Gasteiger charge is -2.22. The molecule has 0 aromatic rings. The summed E-state index contributed by atoms with van der Waals surface area (Å²) in [6, 6.07) is 0. The van der Waals surface area contributed by atoms with E-state index in [4.69, 9.17) is 0 Å². The van der Waals surface area contributed by atoms with Crippen molar-refractivity contribution in [3.05, 3.63) is 12.2 Å². The molecule has 0 aromatic carbocycles. The van der Waals surface area contributed by atoms with Gasteiger partial charge in [-0.15, -0.1) is 0 Å². The largest absolute Gasteiger partial charge is 0.392 e. The van der Waals surface area contributed by atoms with E-state index in [1.54, 1.807) is 0 Å². The monoisotopic (exact) mass is 199 g/mol. The second-order valence-corrected chi connectivity index (χ2v) is 5.15. The summed E-state index contributed by atoms with van der Waals surface area (Å²) >= 11 is 0. The van der Waals surface area contributed by atoms with Gasteiger partial charge in [0.05, 0.1) is 6.10 Å². The van der Waals surface area contributed by atoms with Crippen LogP contribution >= 0.6 is 0 Å². The van der Waals surface area contributed by atoms with Crippen molar-refractivity contribution in [3.63, 3.8) is 0 Å². The van der Waals surface area contributed by atoms with Gasteiger partial charge < -0.3 is 10.4 Å². The molecule has 14 heavy (non-hydrogen) atoms. The Morgan fingerprint density at radius 2 is 2.00 bits per heavy atom. The molecule has 0 fully saturated rings. The summed E-state index contributed by atoms with van der Waals surface area (Å²) in [7, 11) is 0. The summed E-state index contributed by atoms with van der Waals surface area (Å²) in [4.78, 5) is 0. The zero-order valence-electron chi connectivity index (χ0n) is 10.1. The third-order valence-electron chi connectivity index (χ3n) is 2.10. The van der Waals surface area contributed by atoms with E-state index in [0.29, 0.717) is 6.54 Å². The molecular formula is C12H25NO. The second kappa shape index (κ2) is 6.20. The predicted molar refractivity (Wildman–Crippen MR) is 62.4 cm³/mol. The molecular weight excluding hydrogens is 174 g/mol. The highest BCUT2D eigenvalue weighted by Gasteiger charge is 2.15. The maximum Gasteiger partial charge on any atom is 0.0669 e. The fourth-order valence-corrected chi connectivity index (χ4v) is 1.32. The number of hydrogen-bond donors (Lipinski definition) is 2. The molecule has 0 saturated heterocycles.